The van der Waals surface area contributed by atoms with E-state index < -0.39 is 12.2 Å². The number of aromatic nitrogens is 1. The molecular weight excluding hydrogens is 199 g/mol. The lowest BCUT2D eigenvalue weighted by atomic mass is 10.3. The van der Waals surface area contributed by atoms with Crippen LogP contribution in [0, 0.1) is 6.92 Å². The topological polar surface area (TPSA) is 31.4 Å². The molecule has 0 atom stereocenters. The molecule has 0 aliphatic heterocycles. The number of methoxy groups -OCH3 is 1. The van der Waals surface area contributed by atoms with E-state index in [0.717, 1.165) is 6.07 Å². The van der Waals surface area contributed by atoms with E-state index in [1.54, 1.807) is 6.92 Å². The van der Waals surface area contributed by atoms with Gasteiger partial charge in [-0.25, -0.2) is 4.98 Å². The van der Waals surface area contributed by atoms with Gasteiger partial charge in [0, 0.05) is 17.8 Å². The minimum Gasteiger partial charge on any atom is -0.496 e. The smallest absolute Gasteiger partial charge is 0.496 e. The van der Waals surface area contributed by atoms with Crippen LogP contribution < -0.4 is 9.47 Å². The molecule has 0 amide bonds. The summed E-state index contributed by atoms with van der Waals surface area (Å²) in [6.07, 6.45) is -3.48. The third-order valence-corrected chi connectivity index (χ3v) is 1.47. The molecule has 1 aromatic rings. The van der Waals surface area contributed by atoms with Gasteiger partial charge in [-0.15, -0.1) is 13.2 Å². The fourth-order valence-electron chi connectivity index (χ4n) is 0.882. The van der Waals surface area contributed by atoms with E-state index in [9.17, 15) is 13.2 Å². The molecule has 0 unspecified atom stereocenters. The molecule has 6 heteroatoms. The highest BCUT2D eigenvalue weighted by atomic mass is 19.4. The number of halogens is 3. The molecular formula is C8H8F3NO2. The van der Waals surface area contributed by atoms with Crippen LogP contribution in [0.1, 0.15) is 5.56 Å². The van der Waals surface area contributed by atoms with Crippen molar-refractivity contribution >= 4 is 0 Å². The Labute approximate surface area is 78.5 Å². The van der Waals surface area contributed by atoms with Gasteiger partial charge in [-0.2, -0.15) is 0 Å². The Morgan fingerprint density at radius 2 is 2.00 bits per heavy atom. The fraction of sp³-hybridized carbons (Fsp3) is 0.375. The van der Waals surface area contributed by atoms with Crippen molar-refractivity contribution in [3.63, 3.8) is 0 Å². The van der Waals surface area contributed by atoms with Gasteiger partial charge < -0.3 is 9.47 Å². The largest absolute Gasteiger partial charge is 0.574 e. The van der Waals surface area contributed by atoms with Gasteiger partial charge in [-0.1, -0.05) is 0 Å². The summed E-state index contributed by atoms with van der Waals surface area (Å²) in [6, 6.07) is 1.09. The highest BCUT2D eigenvalue weighted by molar-refractivity contribution is 5.34. The van der Waals surface area contributed by atoms with E-state index >= 15 is 0 Å². The summed E-state index contributed by atoms with van der Waals surface area (Å²) in [5, 5.41) is 0. The molecule has 0 saturated heterocycles. The Morgan fingerprint density at radius 3 is 2.50 bits per heavy atom. The number of alkyl halides is 3. The van der Waals surface area contributed by atoms with Crippen LogP contribution in [0.25, 0.3) is 0 Å². The Hall–Kier alpha value is -1.46. The Bertz CT molecular complexity index is 325. The second-order valence-corrected chi connectivity index (χ2v) is 2.54. The van der Waals surface area contributed by atoms with Crippen molar-refractivity contribution in [1.82, 2.24) is 4.98 Å². The number of pyridine rings is 1. The molecule has 1 aromatic heterocycles. The number of ether oxygens (including phenoxy) is 2. The summed E-state index contributed by atoms with van der Waals surface area (Å²) in [4.78, 5) is 3.45. The van der Waals surface area contributed by atoms with E-state index in [0.29, 0.717) is 11.3 Å². The monoisotopic (exact) mass is 207 g/mol. The van der Waals surface area contributed by atoms with Crippen molar-refractivity contribution in [3.8, 4) is 11.6 Å². The van der Waals surface area contributed by atoms with Crippen LogP contribution in [-0.4, -0.2) is 18.5 Å². The van der Waals surface area contributed by atoms with Crippen molar-refractivity contribution in [1.29, 1.82) is 0 Å². The SMILES string of the molecule is COc1cc(OC(F)(F)F)ncc1C. The minimum atomic E-state index is -4.73. The Balaban J connectivity index is 2.90. The number of rotatable bonds is 2. The number of hydrogen-bond donors (Lipinski definition) is 0. The van der Waals surface area contributed by atoms with Crippen molar-refractivity contribution in [3.05, 3.63) is 17.8 Å². The van der Waals surface area contributed by atoms with Gasteiger partial charge in [0.05, 0.1) is 7.11 Å². The van der Waals surface area contributed by atoms with Crippen LogP contribution in [0.4, 0.5) is 13.2 Å². The normalized spacial score (nSPS) is 11.2. The number of nitrogens with zero attached hydrogens (tertiary/aromatic N) is 1. The summed E-state index contributed by atoms with van der Waals surface area (Å²) >= 11 is 0. The standard InChI is InChI=1S/C8H8F3NO2/c1-5-4-12-7(3-6(5)13-2)14-8(9,10)11/h3-4H,1-2H3. The fourth-order valence-corrected chi connectivity index (χ4v) is 0.882. The van der Waals surface area contributed by atoms with Crippen molar-refractivity contribution in [2.24, 2.45) is 0 Å². The van der Waals surface area contributed by atoms with E-state index in [-0.39, 0.29) is 0 Å². The molecule has 1 heterocycles. The lowest BCUT2D eigenvalue weighted by molar-refractivity contribution is -0.276. The number of hydrogen-bond acceptors (Lipinski definition) is 3. The van der Waals surface area contributed by atoms with Gasteiger partial charge in [-0.3, -0.25) is 0 Å². The van der Waals surface area contributed by atoms with Crippen LogP contribution >= 0.6 is 0 Å². The van der Waals surface area contributed by atoms with E-state index in [1.165, 1.54) is 13.3 Å². The summed E-state index contributed by atoms with van der Waals surface area (Å²) < 4.78 is 43.7. The quantitative estimate of drug-likeness (QED) is 0.745. The third kappa shape index (κ3) is 2.79. The van der Waals surface area contributed by atoms with Gasteiger partial charge >= 0.3 is 6.36 Å². The zero-order valence-corrected chi connectivity index (χ0v) is 7.55. The molecule has 0 spiro atoms. The average molecular weight is 207 g/mol. The lowest BCUT2D eigenvalue weighted by Gasteiger charge is -2.09. The molecule has 0 aliphatic rings. The van der Waals surface area contributed by atoms with Crippen LogP contribution in [0.3, 0.4) is 0 Å². The van der Waals surface area contributed by atoms with Crippen molar-refractivity contribution in [2.45, 2.75) is 13.3 Å². The van der Waals surface area contributed by atoms with E-state index in [2.05, 4.69) is 9.72 Å². The molecule has 78 valence electrons. The second kappa shape index (κ2) is 3.73. The summed E-state index contributed by atoms with van der Waals surface area (Å²) in [5.41, 5.74) is 0.641. The van der Waals surface area contributed by atoms with Gasteiger partial charge in [0.15, 0.2) is 0 Å². The van der Waals surface area contributed by atoms with Gasteiger partial charge in [0.1, 0.15) is 5.75 Å². The second-order valence-electron chi connectivity index (χ2n) is 2.54. The van der Waals surface area contributed by atoms with Crippen LogP contribution in [0.2, 0.25) is 0 Å². The molecule has 0 saturated carbocycles. The van der Waals surface area contributed by atoms with E-state index in [4.69, 9.17) is 4.74 Å². The summed E-state index contributed by atoms with van der Waals surface area (Å²) in [5.74, 6) is -0.223. The number of aryl methyl sites for hydroxylation is 1. The zero-order valence-electron chi connectivity index (χ0n) is 7.55. The molecule has 0 radical (unpaired) electrons. The van der Waals surface area contributed by atoms with Gasteiger partial charge in [0.2, 0.25) is 5.88 Å². The lowest BCUT2D eigenvalue weighted by Crippen LogP contribution is -2.17. The van der Waals surface area contributed by atoms with E-state index in [1.807, 2.05) is 0 Å². The maximum Gasteiger partial charge on any atom is 0.574 e. The predicted octanol–water partition coefficient (Wildman–Crippen LogP) is 2.30. The minimum absolute atomic E-state index is 0.305. The van der Waals surface area contributed by atoms with Crippen molar-refractivity contribution < 1.29 is 22.6 Å². The first-order chi connectivity index (χ1) is 6.42. The third-order valence-electron chi connectivity index (χ3n) is 1.47. The zero-order chi connectivity index (χ0) is 10.8. The average Bonchev–Trinajstić information content (AvgIpc) is 2.06. The Morgan fingerprint density at radius 1 is 1.36 bits per heavy atom. The van der Waals surface area contributed by atoms with Gasteiger partial charge in [0.25, 0.3) is 0 Å². The summed E-state index contributed by atoms with van der Waals surface area (Å²) in [6.45, 7) is 1.67. The van der Waals surface area contributed by atoms with Crippen LogP contribution in [0.5, 0.6) is 11.6 Å². The highest BCUT2D eigenvalue weighted by Crippen LogP contribution is 2.25. The first-order valence-corrected chi connectivity index (χ1v) is 3.69. The molecule has 0 aromatic carbocycles. The van der Waals surface area contributed by atoms with Crippen molar-refractivity contribution in [2.75, 3.05) is 7.11 Å². The molecule has 14 heavy (non-hydrogen) atoms. The maximum atomic E-state index is 11.8. The molecule has 0 fully saturated rings. The van der Waals surface area contributed by atoms with Crippen LogP contribution in [0.15, 0.2) is 12.3 Å². The molecule has 0 N–H and O–H groups in total. The first kappa shape index (κ1) is 10.6. The summed E-state index contributed by atoms with van der Waals surface area (Å²) in [7, 11) is 1.36. The predicted molar refractivity (Wildman–Crippen MR) is 42.2 cm³/mol. The molecule has 1 rings (SSSR count). The van der Waals surface area contributed by atoms with Gasteiger partial charge in [-0.05, 0) is 6.92 Å². The highest BCUT2D eigenvalue weighted by Gasteiger charge is 2.31. The molecule has 3 nitrogen and oxygen atoms in total. The molecule has 0 aliphatic carbocycles. The Kier molecular flexibility index (Phi) is 2.83. The van der Waals surface area contributed by atoms with Crippen LogP contribution in [-0.2, 0) is 0 Å². The maximum absolute atomic E-state index is 11.8. The molecule has 0 bridgehead atoms. The first-order valence-electron chi connectivity index (χ1n) is 3.69.